The Balaban J connectivity index is 0.000000664. The molecule has 25 heteroatoms. The molecule has 0 heterocycles. The number of carbonyl (C=O) groups excluding carboxylic acids is 7. The molecule has 0 atom stereocenters. The molecule has 0 unspecified atom stereocenters. The predicted molar refractivity (Wildman–Crippen MR) is 352 cm³/mol. The van der Waals surface area contributed by atoms with Gasteiger partial charge in [-0.2, -0.15) is 0 Å². The van der Waals surface area contributed by atoms with E-state index in [9.17, 15) is 33.6 Å². The molecule has 0 aromatic heterocycles. The van der Waals surface area contributed by atoms with Crippen molar-refractivity contribution in [2.24, 2.45) is 0 Å². The van der Waals surface area contributed by atoms with Crippen molar-refractivity contribution in [2.45, 2.75) is 146 Å². The van der Waals surface area contributed by atoms with E-state index in [0.717, 1.165) is 11.1 Å². The highest BCUT2D eigenvalue weighted by Crippen LogP contribution is 2.37. The number of nitrogen functional groups attached to an aromatic ring is 2. The second-order valence-corrected chi connectivity index (χ2v) is 27.1. The Morgan fingerprint density at radius 1 is 0.404 bits per heavy atom. The summed E-state index contributed by atoms with van der Waals surface area (Å²) in [6, 6.07) is 17.0. The fourth-order valence-corrected chi connectivity index (χ4v) is 8.53. The minimum absolute atomic E-state index is 0.0306. The lowest BCUT2D eigenvalue weighted by molar-refractivity contribution is -0.156. The van der Waals surface area contributed by atoms with Gasteiger partial charge in [0.05, 0.1) is 48.1 Å². The zero-order valence-electron chi connectivity index (χ0n) is 54.7. The highest BCUT2D eigenvalue weighted by molar-refractivity contribution is 9.11. The molecule has 89 heavy (non-hydrogen) atoms. The Bertz CT molecular complexity index is 3010. The van der Waals surface area contributed by atoms with Crippen LogP contribution in [0.25, 0.3) is 0 Å². The van der Waals surface area contributed by atoms with Gasteiger partial charge in [-0.15, -0.1) is 0 Å². The van der Waals surface area contributed by atoms with Gasteiger partial charge in [-0.1, -0.05) is 28.1 Å². The molecule has 494 valence electrons. The van der Waals surface area contributed by atoms with Gasteiger partial charge in [-0.05, 0) is 209 Å². The van der Waals surface area contributed by atoms with E-state index in [1.54, 1.807) is 107 Å². The number of nitrogens with two attached hydrogens (primary N) is 2. The predicted octanol–water partition coefficient (Wildman–Crippen LogP) is 11.9. The zero-order chi connectivity index (χ0) is 68.0. The van der Waals surface area contributed by atoms with Gasteiger partial charge in [0.1, 0.15) is 109 Å². The fraction of sp³-hybridized carbons (Fsp3) is 0.516. The monoisotopic (exact) mass is 1440 g/mol. The number of benzene rings is 4. The van der Waals surface area contributed by atoms with Crippen molar-refractivity contribution in [1.29, 1.82) is 0 Å². The molecule has 4 N–H and O–H groups in total. The van der Waals surface area contributed by atoms with E-state index in [0.29, 0.717) is 55.4 Å². The third-order valence-electron chi connectivity index (χ3n) is 10.6. The number of esters is 7. The molecule has 0 aliphatic heterocycles. The maximum atomic E-state index is 13.1. The molecular weight excluding hydrogens is 1350 g/mol. The smallest absolute Gasteiger partial charge is 0.339 e. The molecule has 0 aliphatic carbocycles. The summed E-state index contributed by atoms with van der Waals surface area (Å²) in [4.78, 5) is 90.1. The highest BCUT2D eigenvalue weighted by atomic mass is 79.9. The van der Waals surface area contributed by atoms with Crippen molar-refractivity contribution in [3.8, 4) is 23.0 Å². The van der Waals surface area contributed by atoms with Crippen LogP contribution in [-0.4, -0.2) is 142 Å². The van der Waals surface area contributed by atoms with E-state index in [1.807, 2.05) is 52.8 Å². The number of hydrogen-bond donors (Lipinski definition) is 2. The topological polar surface area (TPSA) is 280 Å². The maximum Gasteiger partial charge on any atom is 0.339 e. The summed E-state index contributed by atoms with van der Waals surface area (Å²) in [6.45, 7) is 29.4. The molecule has 22 nitrogen and oxygen atoms in total. The second-order valence-electron chi connectivity index (χ2n) is 24.8. The standard InChI is InChI=1S/C41H59BrN2O12.C17H19BrN2O4.C6H11BrO2/c1-26-15-16-29(43(22-33(45)53-38(2,3)4)23-34(46)54-39(5,6)7)31(19-26)51-17-18-52-32-21-28(42)27(37(49)50-14)20-30(32)44(24-35(47)55-40(8,9)10)25-36(48)56-41(11,12)13;1-10-3-4-13(19)15(7-10)23-5-6-24-16-9-12(18)11(8-14(16)20)17(21)22-2;1-6(2,3)9-5(8)4-7/h15-16,19-21H,17-18,22-25H2,1-14H3;3-4,7-9H,5-6,19-20H2,1-2H3;4H2,1-3H3. The minimum atomic E-state index is -0.813. The lowest BCUT2D eigenvalue weighted by Crippen LogP contribution is -2.40. The Labute approximate surface area is 548 Å². The molecule has 4 aromatic carbocycles. The van der Waals surface area contributed by atoms with E-state index in [1.165, 1.54) is 42.2 Å². The molecule has 4 rings (SSSR count). The van der Waals surface area contributed by atoms with Crippen molar-refractivity contribution in [1.82, 2.24) is 0 Å². The maximum absolute atomic E-state index is 13.1. The van der Waals surface area contributed by atoms with Crippen LogP contribution in [0.15, 0.2) is 69.6 Å². The van der Waals surface area contributed by atoms with Crippen LogP contribution >= 0.6 is 47.8 Å². The molecule has 0 amide bonds. The number of carbonyl (C=O) groups is 7. The van der Waals surface area contributed by atoms with Gasteiger partial charge in [0.15, 0.2) is 0 Å². The number of nitrogens with zero attached hydrogens (tertiary/aromatic N) is 2. The molecule has 0 saturated carbocycles. The minimum Gasteiger partial charge on any atom is -0.488 e. The molecule has 0 radical (unpaired) electrons. The lowest BCUT2D eigenvalue weighted by Gasteiger charge is -2.29. The molecule has 0 aliphatic rings. The van der Waals surface area contributed by atoms with Gasteiger partial charge in [0.2, 0.25) is 0 Å². The number of aryl methyl sites for hydroxylation is 2. The largest absolute Gasteiger partial charge is 0.488 e. The average molecular weight is 1440 g/mol. The zero-order valence-corrected chi connectivity index (χ0v) is 59.4. The third-order valence-corrected chi connectivity index (χ3v) is 12.4. The fourth-order valence-electron chi connectivity index (χ4n) is 7.45. The molecule has 4 aromatic rings. The number of halogens is 3. The number of ether oxygens (including phenoxy) is 11. The van der Waals surface area contributed by atoms with Crippen molar-refractivity contribution >= 4 is 112 Å². The molecule has 0 saturated heterocycles. The van der Waals surface area contributed by atoms with Crippen LogP contribution in [0, 0.1) is 13.8 Å². The summed E-state index contributed by atoms with van der Waals surface area (Å²) in [5.74, 6) is -2.10. The Morgan fingerprint density at radius 3 is 1.07 bits per heavy atom. The van der Waals surface area contributed by atoms with Crippen LogP contribution < -0.4 is 40.2 Å². The quantitative estimate of drug-likeness (QED) is 0.0229. The number of alkyl halides is 1. The van der Waals surface area contributed by atoms with Crippen LogP contribution in [0.4, 0.5) is 22.7 Å². The Morgan fingerprint density at radius 2 is 0.708 bits per heavy atom. The van der Waals surface area contributed by atoms with Crippen LogP contribution in [-0.2, 0) is 57.1 Å². The van der Waals surface area contributed by atoms with E-state index >= 15 is 0 Å². The van der Waals surface area contributed by atoms with E-state index in [2.05, 4.69) is 52.5 Å². The number of anilines is 4. The van der Waals surface area contributed by atoms with Crippen molar-refractivity contribution in [3.63, 3.8) is 0 Å². The van der Waals surface area contributed by atoms with Gasteiger partial charge in [0.25, 0.3) is 0 Å². The SMILES string of the molecule is CC(C)(C)OC(=O)CBr.COC(=O)c1cc(N(CC(=O)OC(C)(C)C)CC(=O)OC(C)(C)C)c(OCCOc2cc(C)ccc2N(CC(=O)OC(C)(C)C)CC(=O)OC(C)(C)C)cc1Br.COC(=O)c1cc(N)c(OCCOc2cc(C)ccc2N)cc1Br. The molecular formula is C64H89Br3N4O18. The van der Waals surface area contributed by atoms with Gasteiger partial charge in [0, 0.05) is 8.95 Å². The van der Waals surface area contributed by atoms with Gasteiger partial charge in [-0.3, -0.25) is 24.0 Å². The Kier molecular flexibility index (Phi) is 30.6. The summed E-state index contributed by atoms with van der Waals surface area (Å²) >= 11 is 9.71. The first-order valence-electron chi connectivity index (χ1n) is 28.2. The molecule has 0 fully saturated rings. The first-order chi connectivity index (χ1) is 40.9. The van der Waals surface area contributed by atoms with Crippen LogP contribution in [0.1, 0.15) is 136 Å². The van der Waals surface area contributed by atoms with E-state index in [4.69, 9.17) is 58.8 Å². The third kappa shape index (κ3) is 30.9. The van der Waals surface area contributed by atoms with Gasteiger partial charge < -0.3 is 73.4 Å². The normalized spacial score (nSPS) is 11.4. The van der Waals surface area contributed by atoms with Gasteiger partial charge >= 0.3 is 41.8 Å². The first kappa shape index (κ1) is 78.1. The average Bonchev–Trinajstić information content (AvgIpc) is 1.58. The first-order valence-corrected chi connectivity index (χ1v) is 30.9. The molecule has 0 bridgehead atoms. The van der Waals surface area contributed by atoms with E-state index in [-0.39, 0.29) is 79.9 Å². The lowest BCUT2D eigenvalue weighted by atomic mass is 10.1. The van der Waals surface area contributed by atoms with Crippen LogP contribution in [0.5, 0.6) is 23.0 Å². The van der Waals surface area contributed by atoms with E-state index < -0.39 is 58.2 Å². The number of methoxy groups -OCH3 is 2. The van der Waals surface area contributed by atoms with Crippen LogP contribution in [0.2, 0.25) is 0 Å². The Hall–Kier alpha value is -6.99. The molecule has 0 spiro atoms. The van der Waals surface area contributed by atoms with Crippen molar-refractivity contribution < 1.29 is 85.7 Å². The number of hydrogen-bond acceptors (Lipinski definition) is 22. The van der Waals surface area contributed by atoms with Crippen molar-refractivity contribution in [3.05, 3.63) is 91.9 Å². The number of rotatable bonds is 23. The summed E-state index contributed by atoms with van der Waals surface area (Å²) in [7, 11) is 2.54. The van der Waals surface area contributed by atoms with Crippen LogP contribution in [0.3, 0.4) is 0 Å². The summed E-state index contributed by atoms with van der Waals surface area (Å²) in [6.07, 6.45) is 0. The summed E-state index contributed by atoms with van der Waals surface area (Å²) < 4.78 is 61.3. The summed E-state index contributed by atoms with van der Waals surface area (Å²) in [5.41, 5.74) is 12.2. The highest BCUT2D eigenvalue weighted by Gasteiger charge is 2.30. The summed E-state index contributed by atoms with van der Waals surface area (Å²) in [5, 5.41) is 0.268. The van der Waals surface area contributed by atoms with Gasteiger partial charge in [-0.25, -0.2) is 9.59 Å². The second kappa shape index (κ2) is 34.8. The van der Waals surface area contributed by atoms with Crippen molar-refractivity contribution in [2.75, 3.05) is 93.4 Å².